The zero-order valence-electron chi connectivity index (χ0n) is 12.7. The second-order valence-corrected chi connectivity index (χ2v) is 8.55. The number of sulfonamides is 1. The number of pyridine rings is 1. The van der Waals surface area contributed by atoms with E-state index in [2.05, 4.69) is 9.71 Å². The highest BCUT2D eigenvalue weighted by molar-refractivity contribution is 7.90. The van der Waals surface area contributed by atoms with Crippen LogP contribution in [-0.4, -0.2) is 37.8 Å². The molecular formula is C14H17ClF3N3O2S. The molecule has 2 fully saturated rings. The van der Waals surface area contributed by atoms with Gasteiger partial charge in [-0.15, -0.1) is 0 Å². The summed E-state index contributed by atoms with van der Waals surface area (Å²) in [6.45, 7) is 0.964. The maximum Gasteiger partial charge on any atom is 0.417 e. The Kier molecular flexibility index (Phi) is 4.69. The lowest BCUT2D eigenvalue weighted by atomic mass is 10.1. The molecule has 1 saturated carbocycles. The normalized spacial score (nSPS) is 20.4. The van der Waals surface area contributed by atoms with E-state index < -0.39 is 21.8 Å². The second-order valence-electron chi connectivity index (χ2n) is 6.15. The fourth-order valence-corrected chi connectivity index (χ4v) is 4.67. The number of rotatable bonds is 4. The molecule has 0 radical (unpaired) electrons. The largest absolute Gasteiger partial charge is 0.417 e. The van der Waals surface area contributed by atoms with Gasteiger partial charge in [-0.2, -0.15) is 13.2 Å². The molecule has 1 N–H and O–H groups in total. The predicted molar refractivity (Wildman–Crippen MR) is 84.6 cm³/mol. The molecule has 0 amide bonds. The molecule has 0 bridgehead atoms. The van der Waals surface area contributed by atoms with E-state index in [1.54, 1.807) is 4.90 Å². The van der Waals surface area contributed by atoms with Gasteiger partial charge in [0.25, 0.3) is 0 Å². The van der Waals surface area contributed by atoms with E-state index in [4.69, 9.17) is 11.6 Å². The van der Waals surface area contributed by atoms with E-state index in [-0.39, 0.29) is 16.3 Å². The van der Waals surface area contributed by atoms with Gasteiger partial charge in [-0.05, 0) is 31.7 Å². The molecule has 1 aromatic rings. The number of halogens is 4. The number of nitrogens with zero attached hydrogens (tertiary/aromatic N) is 2. The molecule has 0 unspecified atom stereocenters. The Morgan fingerprint density at radius 1 is 1.21 bits per heavy atom. The van der Waals surface area contributed by atoms with Crippen LogP contribution in [0, 0.1) is 0 Å². The monoisotopic (exact) mass is 383 g/mol. The Morgan fingerprint density at radius 2 is 1.83 bits per heavy atom. The van der Waals surface area contributed by atoms with Crippen LogP contribution >= 0.6 is 11.6 Å². The van der Waals surface area contributed by atoms with Crippen LogP contribution in [0.3, 0.4) is 0 Å². The van der Waals surface area contributed by atoms with Gasteiger partial charge in [0.2, 0.25) is 10.0 Å². The number of hydrogen-bond acceptors (Lipinski definition) is 4. The van der Waals surface area contributed by atoms with Crippen LogP contribution in [0.1, 0.15) is 31.2 Å². The molecule has 134 valence electrons. The Hall–Kier alpha value is -1.06. The minimum absolute atomic E-state index is 0.0539. The van der Waals surface area contributed by atoms with Crippen LogP contribution in [0.25, 0.3) is 0 Å². The fourth-order valence-electron chi connectivity index (χ4n) is 2.73. The van der Waals surface area contributed by atoms with Gasteiger partial charge in [0.15, 0.2) is 0 Å². The molecule has 1 saturated heterocycles. The van der Waals surface area contributed by atoms with E-state index in [1.165, 1.54) is 0 Å². The van der Waals surface area contributed by atoms with Crippen LogP contribution in [0.5, 0.6) is 0 Å². The van der Waals surface area contributed by atoms with Crippen molar-refractivity contribution in [2.24, 2.45) is 0 Å². The highest BCUT2D eigenvalue weighted by atomic mass is 35.5. The van der Waals surface area contributed by atoms with Crippen molar-refractivity contribution in [1.29, 1.82) is 0 Å². The van der Waals surface area contributed by atoms with Crippen molar-refractivity contribution < 1.29 is 21.6 Å². The summed E-state index contributed by atoms with van der Waals surface area (Å²) in [6.07, 6.45) is -1.18. The first-order chi connectivity index (χ1) is 11.2. The number of piperidine rings is 1. The first kappa shape index (κ1) is 17.8. The summed E-state index contributed by atoms with van der Waals surface area (Å²) >= 11 is 5.95. The number of alkyl halides is 3. The SMILES string of the molecule is O=S(=O)(NC1CCN(c2ncc(C(F)(F)F)cc2Cl)CC1)C1CC1. The fraction of sp³-hybridized carbons (Fsp3) is 0.643. The average molecular weight is 384 g/mol. The lowest BCUT2D eigenvalue weighted by Gasteiger charge is -2.33. The molecule has 5 nitrogen and oxygen atoms in total. The molecule has 3 rings (SSSR count). The number of nitrogens with one attached hydrogen (secondary N) is 1. The smallest absolute Gasteiger partial charge is 0.355 e. The molecule has 1 aromatic heterocycles. The number of aromatic nitrogens is 1. The van der Waals surface area contributed by atoms with E-state index in [1.807, 2.05) is 0 Å². The molecule has 1 aliphatic carbocycles. The zero-order chi connectivity index (χ0) is 17.5. The molecule has 2 aliphatic rings. The van der Waals surface area contributed by atoms with Gasteiger partial charge in [0.1, 0.15) is 5.82 Å². The third-order valence-electron chi connectivity index (χ3n) is 4.24. The van der Waals surface area contributed by atoms with Crippen LogP contribution in [0.4, 0.5) is 19.0 Å². The van der Waals surface area contributed by atoms with Crippen molar-refractivity contribution in [1.82, 2.24) is 9.71 Å². The summed E-state index contributed by atoms with van der Waals surface area (Å²) < 4.78 is 64.5. The number of hydrogen-bond donors (Lipinski definition) is 1. The van der Waals surface area contributed by atoms with Crippen molar-refractivity contribution in [2.75, 3.05) is 18.0 Å². The predicted octanol–water partition coefficient (Wildman–Crippen LogP) is 2.80. The third kappa shape index (κ3) is 3.94. The molecule has 1 aliphatic heterocycles. The first-order valence-electron chi connectivity index (χ1n) is 7.65. The lowest BCUT2D eigenvalue weighted by Crippen LogP contribution is -2.45. The maximum absolute atomic E-state index is 12.6. The van der Waals surface area contributed by atoms with Crippen molar-refractivity contribution in [3.05, 3.63) is 22.8 Å². The van der Waals surface area contributed by atoms with Gasteiger partial charge < -0.3 is 4.90 Å². The van der Waals surface area contributed by atoms with Gasteiger partial charge in [-0.3, -0.25) is 0 Å². The number of anilines is 1. The third-order valence-corrected chi connectivity index (χ3v) is 6.53. The van der Waals surface area contributed by atoms with Crippen LogP contribution in [0.15, 0.2) is 12.3 Å². The molecule has 2 heterocycles. The van der Waals surface area contributed by atoms with Gasteiger partial charge in [0.05, 0.1) is 15.8 Å². The summed E-state index contributed by atoms with van der Waals surface area (Å²) in [5.74, 6) is 0.299. The van der Waals surface area contributed by atoms with Gasteiger partial charge in [0, 0.05) is 25.3 Å². The van der Waals surface area contributed by atoms with E-state index in [0.717, 1.165) is 12.3 Å². The first-order valence-corrected chi connectivity index (χ1v) is 9.58. The zero-order valence-corrected chi connectivity index (χ0v) is 14.3. The highest BCUT2D eigenvalue weighted by Crippen LogP contribution is 2.34. The van der Waals surface area contributed by atoms with Crippen LogP contribution in [0.2, 0.25) is 5.02 Å². The van der Waals surface area contributed by atoms with Gasteiger partial charge in [-0.25, -0.2) is 18.1 Å². The van der Waals surface area contributed by atoms with Crippen molar-refractivity contribution in [3.8, 4) is 0 Å². The van der Waals surface area contributed by atoms with E-state index in [0.29, 0.717) is 44.6 Å². The van der Waals surface area contributed by atoms with Crippen molar-refractivity contribution in [3.63, 3.8) is 0 Å². The minimum atomic E-state index is -4.48. The molecule has 0 aromatic carbocycles. The highest BCUT2D eigenvalue weighted by Gasteiger charge is 2.38. The quantitative estimate of drug-likeness (QED) is 0.868. The standard InChI is InChI=1S/C14H17ClF3N3O2S/c15-12-7-9(14(16,17)18)8-19-13(12)21-5-3-10(4-6-21)20-24(22,23)11-1-2-11/h7-8,10-11,20H,1-6H2. The maximum atomic E-state index is 12.6. The average Bonchev–Trinajstić information content (AvgIpc) is 3.32. The Bertz CT molecular complexity index is 714. The lowest BCUT2D eigenvalue weighted by molar-refractivity contribution is -0.137. The Balaban J connectivity index is 1.62. The summed E-state index contributed by atoms with van der Waals surface area (Å²) in [5, 5.41) is -0.316. The van der Waals surface area contributed by atoms with Crippen LogP contribution < -0.4 is 9.62 Å². The van der Waals surface area contributed by atoms with Crippen LogP contribution in [-0.2, 0) is 16.2 Å². The molecular weight excluding hydrogens is 367 g/mol. The Morgan fingerprint density at radius 3 is 2.33 bits per heavy atom. The van der Waals surface area contributed by atoms with Gasteiger partial charge >= 0.3 is 6.18 Å². The molecule has 0 spiro atoms. The second kappa shape index (κ2) is 6.34. The van der Waals surface area contributed by atoms with E-state index >= 15 is 0 Å². The summed E-state index contributed by atoms with van der Waals surface area (Å²) in [7, 11) is -3.23. The summed E-state index contributed by atoms with van der Waals surface area (Å²) in [4.78, 5) is 5.62. The molecule has 10 heteroatoms. The molecule has 0 atom stereocenters. The Labute approximate surface area is 143 Å². The summed E-state index contributed by atoms with van der Waals surface area (Å²) in [5.41, 5.74) is -0.886. The minimum Gasteiger partial charge on any atom is -0.355 e. The van der Waals surface area contributed by atoms with E-state index in [9.17, 15) is 21.6 Å². The summed E-state index contributed by atoms with van der Waals surface area (Å²) in [6, 6.07) is 0.714. The molecule has 24 heavy (non-hydrogen) atoms. The van der Waals surface area contributed by atoms with Crippen molar-refractivity contribution in [2.45, 2.75) is 43.2 Å². The van der Waals surface area contributed by atoms with Crippen molar-refractivity contribution >= 4 is 27.4 Å². The topological polar surface area (TPSA) is 62.3 Å². The van der Waals surface area contributed by atoms with Gasteiger partial charge in [-0.1, -0.05) is 11.6 Å².